The van der Waals surface area contributed by atoms with Crippen LogP contribution in [-0.4, -0.2) is 61.6 Å². The van der Waals surface area contributed by atoms with Crippen LogP contribution in [0, 0.1) is 0 Å². The number of hydrogen-bond acceptors (Lipinski definition) is 4. The van der Waals surface area contributed by atoms with Crippen molar-refractivity contribution in [3.63, 3.8) is 0 Å². The number of piperazine rings is 1. The molecule has 2 heterocycles. The van der Waals surface area contributed by atoms with Crippen molar-refractivity contribution in [1.82, 2.24) is 15.1 Å². The maximum Gasteiger partial charge on any atom is 0.239 e. The first-order chi connectivity index (χ1) is 10.8. The van der Waals surface area contributed by atoms with Gasteiger partial charge in [-0.1, -0.05) is 18.2 Å². The van der Waals surface area contributed by atoms with Gasteiger partial charge >= 0.3 is 0 Å². The smallest absolute Gasteiger partial charge is 0.239 e. The standard InChI is InChI=1S/C17H25N3O2/c1-22-16-7-3-2-5-14(16)13-19-9-11-20(12-10-19)17(21)15-6-4-8-18-15/h2-3,5,7,15,18H,4,6,8-13H2,1H3/t15-/m0/s1. The lowest BCUT2D eigenvalue weighted by atomic mass is 10.1. The number of nitrogens with one attached hydrogen (secondary N) is 1. The third kappa shape index (κ3) is 3.42. The summed E-state index contributed by atoms with van der Waals surface area (Å²) in [4.78, 5) is 16.8. The minimum absolute atomic E-state index is 0.0563. The van der Waals surface area contributed by atoms with E-state index in [4.69, 9.17) is 4.74 Å². The van der Waals surface area contributed by atoms with Crippen molar-refractivity contribution >= 4 is 5.91 Å². The topological polar surface area (TPSA) is 44.8 Å². The van der Waals surface area contributed by atoms with Gasteiger partial charge in [-0.2, -0.15) is 0 Å². The fraction of sp³-hybridized carbons (Fsp3) is 0.588. The van der Waals surface area contributed by atoms with Crippen LogP contribution < -0.4 is 10.1 Å². The number of hydrogen-bond donors (Lipinski definition) is 1. The van der Waals surface area contributed by atoms with Crippen LogP contribution in [0.5, 0.6) is 5.75 Å². The number of nitrogens with zero attached hydrogens (tertiary/aromatic N) is 2. The average molecular weight is 303 g/mol. The van der Waals surface area contributed by atoms with Crippen LogP contribution in [-0.2, 0) is 11.3 Å². The fourth-order valence-corrected chi connectivity index (χ4v) is 3.32. The predicted molar refractivity (Wildman–Crippen MR) is 85.9 cm³/mol. The summed E-state index contributed by atoms with van der Waals surface area (Å²) < 4.78 is 5.41. The minimum atomic E-state index is 0.0563. The molecule has 2 fully saturated rings. The largest absolute Gasteiger partial charge is 0.496 e. The van der Waals surface area contributed by atoms with E-state index in [1.54, 1.807) is 7.11 Å². The Bertz CT molecular complexity index is 506. The second kappa shape index (κ2) is 7.11. The molecule has 1 aromatic rings. The normalized spacial score (nSPS) is 22.8. The van der Waals surface area contributed by atoms with E-state index >= 15 is 0 Å². The van der Waals surface area contributed by atoms with Gasteiger partial charge in [0.15, 0.2) is 0 Å². The molecule has 5 heteroatoms. The van der Waals surface area contributed by atoms with Crippen molar-refractivity contribution < 1.29 is 9.53 Å². The predicted octanol–water partition coefficient (Wildman–Crippen LogP) is 1.09. The van der Waals surface area contributed by atoms with E-state index in [2.05, 4.69) is 16.3 Å². The van der Waals surface area contributed by atoms with Gasteiger partial charge in [0.2, 0.25) is 5.91 Å². The highest BCUT2D eigenvalue weighted by atomic mass is 16.5. The molecule has 2 saturated heterocycles. The van der Waals surface area contributed by atoms with Gasteiger partial charge in [-0.3, -0.25) is 9.69 Å². The van der Waals surface area contributed by atoms with E-state index in [0.29, 0.717) is 0 Å². The van der Waals surface area contributed by atoms with Crippen molar-refractivity contribution in [3.8, 4) is 5.75 Å². The lowest BCUT2D eigenvalue weighted by Crippen LogP contribution is -2.52. The molecule has 120 valence electrons. The van der Waals surface area contributed by atoms with Crippen molar-refractivity contribution in [1.29, 1.82) is 0 Å². The first kappa shape index (κ1) is 15.3. The van der Waals surface area contributed by atoms with Crippen LogP contribution >= 0.6 is 0 Å². The molecule has 0 unspecified atom stereocenters. The van der Waals surface area contributed by atoms with E-state index in [1.165, 1.54) is 5.56 Å². The zero-order chi connectivity index (χ0) is 15.4. The zero-order valence-electron chi connectivity index (χ0n) is 13.3. The molecule has 0 radical (unpaired) electrons. The Morgan fingerprint density at radius 2 is 2.05 bits per heavy atom. The summed E-state index contributed by atoms with van der Waals surface area (Å²) in [5.41, 5.74) is 1.21. The molecule has 0 aliphatic carbocycles. The summed E-state index contributed by atoms with van der Waals surface area (Å²) in [7, 11) is 1.71. The minimum Gasteiger partial charge on any atom is -0.496 e. The zero-order valence-corrected chi connectivity index (χ0v) is 13.3. The van der Waals surface area contributed by atoms with Crippen molar-refractivity contribution in [2.24, 2.45) is 0 Å². The lowest BCUT2D eigenvalue weighted by Gasteiger charge is -2.36. The number of carbonyl (C=O) groups excluding carboxylic acids is 1. The first-order valence-corrected chi connectivity index (χ1v) is 8.14. The number of amides is 1. The molecule has 3 rings (SSSR count). The summed E-state index contributed by atoms with van der Waals surface area (Å²) >= 11 is 0. The highest BCUT2D eigenvalue weighted by Gasteiger charge is 2.29. The molecule has 22 heavy (non-hydrogen) atoms. The summed E-state index contributed by atoms with van der Waals surface area (Å²) in [6.07, 6.45) is 2.10. The second-order valence-corrected chi connectivity index (χ2v) is 6.06. The van der Waals surface area contributed by atoms with Gasteiger partial charge in [-0.15, -0.1) is 0 Å². The van der Waals surface area contributed by atoms with Crippen molar-refractivity contribution in [3.05, 3.63) is 29.8 Å². The molecule has 0 aromatic heterocycles. The van der Waals surface area contributed by atoms with Crippen LogP contribution in [0.25, 0.3) is 0 Å². The van der Waals surface area contributed by atoms with Gasteiger partial charge in [0.05, 0.1) is 13.2 Å². The van der Waals surface area contributed by atoms with E-state index < -0.39 is 0 Å². The molecule has 1 N–H and O–H groups in total. The molecule has 1 amide bonds. The number of rotatable bonds is 4. The van der Waals surface area contributed by atoms with Crippen LogP contribution in [0.4, 0.5) is 0 Å². The number of carbonyl (C=O) groups is 1. The number of benzene rings is 1. The van der Waals surface area contributed by atoms with Crippen LogP contribution in [0.1, 0.15) is 18.4 Å². The Morgan fingerprint density at radius 1 is 1.27 bits per heavy atom. The molecule has 0 spiro atoms. The van der Waals surface area contributed by atoms with Crippen LogP contribution in [0.2, 0.25) is 0 Å². The van der Waals surface area contributed by atoms with E-state index in [9.17, 15) is 4.79 Å². The average Bonchev–Trinajstić information content (AvgIpc) is 3.10. The van der Waals surface area contributed by atoms with Gasteiger partial charge in [-0.05, 0) is 25.5 Å². The highest BCUT2D eigenvalue weighted by molar-refractivity contribution is 5.82. The lowest BCUT2D eigenvalue weighted by molar-refractivity contribution is -0.134. The molecule has 0 saturated carbocycles. The van der Waals surface area contributed by atoms with Gasteiger partial charge in [0.1, 0.15) is 5.75 Å². The van der Waals surface area contributed by atoms with Crippen molar-refractivity contribution in [2.75, 3.05) is 39.8 Å². The summed E-state index contributed by atoms with van der Waals surface area (Å²) in [6.45, 7) is 5.36. The monoisotopic (exact) mass is 303 g/mol. The molecule has 2 aliphatic heterocycles. The molecule has 1 aromatic carbocycles. The third-order valence-corrected chi connectivity index (χ3v) is 4.63. The Kier molecular flexibility index (Phi) is 4.95. The Hall–Kier alpha value is -1.59. The number of methoxy groups -OCH3 is 1. The van der Waals surface area contributed by atoms with E-state index in [-0.39, 0.29) is 11.9 Å². The summed E-state index contributed by atoms with van der Waals surface area (Å²) in [5, 5.41) is 3.30. The summed E-state index contributed by atoms with van der Waals surface area (Å²) in [5.74, 6) is 1.23. The van der Waals surface area contributed by atoms with Gasteiger partial charge in [0, 0.05) is 38.3 Å². The molecule has 2 aliphatic rings. The number of ether oxygens (including phenoxy) is 1. The molecular weight excluding hydrogens is 278 g/mol. The Morgan fingerprint density at radius 3 is 2.73 bits per heavy atom. The van der Waals surface area contributed by atoms with Crippen LogP contribution in [0.3, 0.4) is 0 Å². The van der Waals surface area contributed by atoms with Crippen molar-refractivity contribution in [2.45, 2.75) is 25.4 Å². The fourth-order valence-electron chi connectivity index (χ4n) is 3.32. The molecule has 0 bridgehead atoms. The van der Waals surface area contributed by atoms with Gasteiger partial charge in [-0.25, -0.2) is 0 Å². The maximum absolute atomic E-state index is 12.4. The molecular formula is C17H25N3O2. The van der Waals surface area contributed by atoms with Gasteiger partial charge in [0.25, 0.3) is 0 Å². The molecule has 5 nitrogen and oxygen atoms in total. The Labute approximate surface area is 132 Å². The maximum atomic E-state index is 12.4. The van der Waals surface area contributed by atoms with Crippen LogP contribution in [0.15, 0.2) is 24.3 Å². The van der Waals surface area contributed by atoms with Gasteiger partial charge < -0.3 is 15.0 Å². The highest BCUT2D eigenvalue weighted by Crippen LogP contribution is 2.20. The van der Waals surface area contributed by atoms with E-state index in [0.717, 1.165) is 57.9 Å². The quantitative estimate of drug-likeness (QED) is 0.904. The summed E-state index contributed by atoms with van der Waals surface area (Å²) in [6, 6.07) is 8.21. The Balaban J connectivity index is 1.52. The molecule has 1 atom stereocenters. The first-order valence-electron chi connectivity index (χ1n) is 8.14. The van der Waals surface area contributed by atoms with E-state index in [1.807, 2.05) is 23.1 Å². The third-order valence-electron chi connectivity index (χ3n) is 4.63. The second-order valence-electron chi connectivity index (χ2n) is 6.06. The number of para-hydroxylation sites is 1. The SMILES string of the molecule is COc1ccccc1CN1CCN(C(=O)[C@@H]2CCCN2)CC1.